The summed E-state index contributed by atoms with van der Waals surface area (Å²) in [6, 6.07) is 1.31. The Labute approximate surface area is 96.6 Å². The highest BCUT2D eigenvalue weighted by Gasteiger charge is 2.18. The van der Waals surface area contributed by atoms with Crippen molar-refractivity contribution in [2.24, 2.45) is 5.73 Å². The number of rotatable bonds is 5. The minimum absolute atomic E-state index is 0.00910. The number of nitrogens with two attached hydrogens (primary N) is 1. The molecule has 0 aliphatic heterocycles. The van der Waals surface area contributed by atoms with Crippen LogP contribution < -0.4 is 10.6 Å². The fourth-order valence-corrected chi connectivity index (χ4v) is 2.02. The first-order chi connectivity index (χ1) is 7.43. The number of aromatic nitrogens is 1. The van der Waals surface area contributed by atoms with E-state index in [-0.39, 0.29) is 9.92 Å². The molecule has 0 aromatic carbocycles. The molecule has 0 aliphatic rings. The third kappa shape index (κ3) is 3.42. The smallest absolute Gasteiger partial charge is 0.265 e. The van der Waals surface area contributed by atoms with Crippen molar-refractivity contribution in [3.8, 4) is 0 Å². The van der Waals surface area contributed by atoms with Gasteiger partial charge in [-0.3, -0.25) is 14.6 Å². The number of carbonyl (C=O) groups is 1. The zero-order chi connectivity index (χ0) is 12.2. The minimum Gasteiger partial charge on any atom is -0.368 e. The third-order valence-corrected chi connectivity index (χ3v) is 3.09. The molecule has 0 fully saturated rings. The second-order valence-corrected chi connectivity index (χ2v) is 4.67. The molecule has 16 heavy (non-hydrogen) atoms. The molecule has 0 radical (unpaired) electrons. The van der Waals surface area contributed by atoms with Crippen LogP contribution in [0.3, 0.4) is 0 Å². The molecule has 0 bridgehead atoms. The molecular formula is C7H8ClN3O4S. The van der Waals surface area contributed by atoms with E-state index in [2.05, 4.69) is 9.82 Å². The largest absolute Gasteiger partial charge is 0.368 e. The first-order valence-electron chi connectivity index (χ1n) is 3.95. The van der Waals surface area contributed by atoms with Crippen LogP contribution in [0.15, 0.2) is 23.4 Å². The van der Waals surface area contributed by atoms with E-state index in [4.69, 9.17) is 17.3 Å². The van der Waals surface area contributed by atoms with Crippen LogP contribution in [0.4, 0.5) is 0 Å². The van der Waals surface area contributed by atoms with E-state index in [0.29, 0.717) is 0 Å². The maximum atomic E-state index is 11.5. The van der Waals surface area contributed by atoms with Crippen molar-refractivity contribution in [2.75, 3.05) is 6.61 Å². The summed E-state index contributed by atoms with van der Waals surface area (Å²) in [7, 11) is -3.96. The van der Waals surface area contributed by atoms with Gasteiger partial charge in [0, 0.05) is 12.4 Å². The lowest BCUT2D eigenvalue weighted by Gasteiger charge is -2.06. The fraction of sp³-hybridized carbons (Fsp3) is 0.143. The number of halogens is 1. The average molecular weight is 266 g/mol. The highest BCUT2D eigenvalue weighted by atomic mass is 35.5. The molecule has 1 amide bonds. The summed E-state index contributed by atoms with van der Waals surface area (Å²) in [6.45, 7) is -0.572. The highest BCUT2D eigenvalue weighted by molar-refractivity contribution is 7.89. The Bertz CT molecular complexity index is 490. The summed E-state index contributed by atoms with van der Waals surface area (Å²) >= 11 is 5.64. The average Bonchev–Trinajstić information content (AvgIpc) is 2.17. The normalized spacial score (nSPS) is 11.3. The van der Waals surface area contributed by atoms with Crippen LogP contribution >= 0.6 is 11.6 Å². The van der Waals surface area contributed by atoms with E-state index in [9.17, 15) is 13.2 Å². The number of pyridine rings is 1. The Morgan fingerprint density at radius 2 is 2.31 bits per heavy atom. The maximum Gasteiger partial charge on any atom is 0.265 e. The molecule has 0 unspecified atom stereocenters. The SMILES string of the molecule is NC(=O)CONS(=O)(=O)c1cnccc1Cl. The fourth-order valence-electron chi connectivity index (χ4n) is 0.784. The quantitative estimate of drug-likeness (QED) is 0.693. The first kappa shape index (κ1) is 12.8. The van der Waals surface area contributed by atoms with E-state index in [1.165, 1.54) is 12.3 Å². The van der Waals surface area contributed by atoms with Crippen LogP contribution in [0.25, 0.3) is 0 Å². The van der Waals surface area contributed by atoms with Crippen molar-refractivity contribution < 1.29 is 18.0 Å². The van der Waals surface area contributed by atoms with Crippen molar-refractivity contribution in [3.05, 3.63) is 23.5 Å². The summed E-state index contributed by atoms with van der Waals surface area (Å²) < 4.78 is 23.0. The zero-order valence-electron chi connectivity index (χ0n) is 7.88. The Morgan fingerprint density at radius 3 is 2.88 bits per heavy atom. The molecule has 1 aromatic rings. The summed E-state index contributed by atoms with van der Waals surface area (Å²) in [4.78, 5) is 19.7. The standard InChI is InChI=1S/C7H8ClN3O4S/c8-5-1-2-10-3-6(5)16(13,14)11-15-4-7(9)12/h1-3,11H,4H2,(H2,9,12). The molecule has 0 atom stereocenters. The number of hydrogen-bond donors (Lipinski definition) is 2. The number of nitrogens with one attached hydrogen (secondary N) is 1. The summed E-state index contributed by atoms with van der Waals surface area (Å²) in [6.07, 6.45) is 2.39. The van der Waals surface area contributed by atoms with Crippen molar-refractivity contribution in [1.82, 2.24) is 9.87 Å². The van der Waals surface area contributed by atoms with Gasteiger partial charge in [-0.05, 0) is 6.07 Å². The van der Waals surface area contributed by atoms with Gasteiger partial charge in [0.15, 0.2) is 0 Å². The molecule has 1 rings (SSSR count). The molecule has 0 aliphatic carbocycles. The lowest BCUT2D eigenvalue weighted by Crippen LogP contribution is -2.29. The van der Waals surface area contributed by atoms with Gasteiger partial charge < -0.3 is 5.73 Å². The Hall–Kier alpha value is -1.22. The van der Waals surface area contributed by atoms with E-state index >= 15 is 0 Å². The zero-order valence-corrected chi connectivity index (χ0v) is 9.46. The lowest BCUT2D eigenvalue weighted by atomic mass is 10.5. The second kappa shape index (κ2) is 5.21. The second-order valence-electron chi connectivity index (χ2n) is 2.65. The van der Waals surface area contributed by atoms with Gasteiger partial charge in [-0.1, -0.05) is 16.5 Å². The Balaban J connectivity index is 2.79. The van der Waals surface area contributed by atoms with Gasteiger partial charge in [-0.15, -0.1) is 0 Å². The number of primary amides is 1. The van der Waals surface area contributed by atoms with Crippen molar-refractivity contribution >= 4 is 27.5 Å². The molecule has 0 saturated carbocycles. The van der Waals surface area contributed by atoms with E-state index < -0.39 is 22.5 Å². The molecule has 0 spiro atoms. The van der Waals surface area contributed by atoms with Gasteiger partial charge in [0.25, 0.3) is 10.0 Å². The predicted molar refractivity (Wildman–Crippen MR) is 54.7 cm³/mol. The lowest BCUT2D eigenvalue weighted by molar-refractivity contribution is -0.123. The molecule has 1 heterocycles. The van der Waals surface area contributed by atoms with Gasteiger partial charge >= 0.3 is 0 Å². The van der Waals surface area contributed by atoms with E-state index in [0.717, 1.165) is 6.20 Å². The summed E-state index contributed by atoms with van der Waals surface area (Å²) in [5.74, 6) is -0.806. The first-order valence-corrected chi connectivity index (χ1v) is 5.81. The van der Waals surface area contributed by atoms with Crippen molar-refractivity contribution in [2.45, 2.75) is 4.90 Å². The maximum absolute atomic E-state index is 11.5. The van der Waals surface area contributed by atoms with Crippen LogP contribution in [-0.4, -0.2) is 25.9 Å². The number of sulfonamides is 1. The number of carbonyl (C=O) groups excluding carboxylic acids is 1. The van der Waals surface area contributed by atoms with Crippen molar-refractivity contribution in [3.63, 3.8) is 0 Å². The van der Waals surface area contributed by atoms with Crippen LogP contribution in [0.5, 0.6) is 0 Å². The minimum atomic E-state index is -3.96. The topological polar surface area (TPSA) is 111 Å². The van der Waals surface area contributed by atoms with Crippen LogP contribution in [0.1, 0.15) is 0 Å². The number of nitrogens with zero attached hydrogens (tertiary/aromatic N) is 1. The molecule has 9 heteroatoms. The molecule has 1 aromatic heterocycles. The highest BCUT2D eigenvalue weighted by Crippen LogP contribution is 2.18. The number of amides is 1. The van der Waals surface area contributed by atoms with E-state index in [1.54, 1.807) is 4.89 Å². The molecule has 7 nitrogen and oxygen atoms in total. The van der Waals surface area contributed by atoms with Gasteiger partial charge in [0.05, 0.1) is 5.02 Å². The van der Waals surface area contributed by atoms with Crippen LogP contribution in [-0.2, 0) is 19.7 Å². The molecule has 88 valence electrons. The van der Waals surface area contributed by atoms with Gasteiger partial charge in [0.2, 0.25) is 5.91 Å². The predicted octanol–water partition coefficient (Wildman–Crippen LogP) is -0.570. The van der Waals surface area contributed by atoms with E-state index in [1.807, 2.05) is 0 Å². The van der Waals surface area contributed by atoms with Gasteiger partial charge in [0.1, 0.15) is 11.5 Å². The number of hydrogen-bond acceptors (Lipinski definition) is 5. The molecule has 3 N–H and O–H groups in total. The Kier molecular flexibility index (Phi) is 4.19. The third-order valence-electron chi connectivity index (χ3n) is 1.41. The van der Waals surface area contributed by atoms with Crippen LogP contribution in [0.2, 0.25) is 5.02 Å². The van der Waals surface area contributed by atoms with Gasteiger partial charge in [-0.2, -0.15) is 0 Å². The van der Waals surface area contributed by atoms with Crippen LogP contribution in [0, 0.1) is 0 Å². The van der Waals surface area contributed by atoms with Crippen molar-refractivity contribution in [1.29, 1.82) is 0 Å². The molecule has 0 saturated heterocycles. The monoisotopic (exact) mass is 265 g/mol. The summed E-state index contributed by atoms with van der Waals surface area (Å²) in [5.41, 5.74) is 4.75. The van der Waals surface area contributed by atoms with Gasteiger partial charge in [-0.25, -0.2) is 8.42 Å². The molecular weight excluding hydrogens is 258 g/mol. The summed E-state index contributed by atoms with van der Waals surface area (Å²) in [5, 5.41) is -0.00910. The Morgan fingerprint density at radius 1 is 1.62 bits per heavy atom.